The van der Waals surface area contributed by atoms with Gasteiger partial charge in [-0.25, -0.2) is 0 Å². The SMILES string of the molecule is c1ccc2cc3c(ccc4cccc(-c5ccc6c7c(cccc57)Oc5c-6ccc6ccccc56)c43)cc2c1. The molecule has 0 atom stereocenters. The monoisotopic (exact) mass is 494 g/mol. The summed E-state index contributed by atoms with van der Waals surface area (Å²) in [6, 6.07) is 48.4. The number of ether oxygens (including phenoxy) is 1. The zero-order chi connectivity index (χ0) is 25.5. The Labute approximate surface area is 225 Å². The molecule has 0 bridgehead atoms. The second-order valence-corrected chi connectivity index (χ2v) is 10.5. The van der Waals surface area contributed by atoms with Crippen LogP contribution in [0.2, 0.25) is 0 Å². The molecule has 0 aromatic heterocycles. The fourth-order valence-electron chi connectivity index (χ4n) is 6.62. The van der Waals surface area contributed by atoms with Gasteiger partial charge in [-0.1, -0.05) is 109 Å². The Kier molecular flexibility index (Phi) is 4.11. The molecule has 0 N–H and O–H groups in total. The maximum atomic E-state index is 6.66. The van der Waals surface area contributed by atoms with Crippen molar-refractivity contribution in [2.75, 3.05) is 0 Å². The summed E-state index contributed by atoms with van der Waals surface area (Å²) in [6.07, 6.45) is 0. The van der Waals surface area contributed by atoms with Crippen molar-refractivity contribution in [1.82, 2.24) is 0 Å². The Morgan fingerprint density at radius 3 is 1.90 bits per heavy atom. The van der Waals surface area contributed by atoms with Gasteiger partial charge in [-0.15, -0.1) is 0 Å². The second kappa shape index (κ2) is 7.69. The Balaban J connectivity index is 1.37. The van der Waals surface area contributed by atoms with Gasteiger partial charge in [0, 0.05) is 16.3 Å². The van der Waals surface area contributed by atoms with E-state index in [0.29, 0.717) is 0 Å². The summed E-state index contributed by atoms with van der Waals surface area (Å²) in [5.74, 6) is 1.87. The molecule has 1 aliphatic heterocycles. The van der Waals surface area contributed by atoms with Crippen LogP contribution in [0.25, 0.3) is 76.1 Å². The van der Waals surface area contributed by atoms with Crippen molar-refractivity contribution in [2.45, 2.75) is 0 Å². The molecule has 1 aliphatic rings. The van der Waals surface area contributed by atoms with E-state index in [2.05, 4.69) is 133 Å². The summed E-state index contributed by atoms with van der Waals surface area (Å²) in [6.45, 7) is 0. The summed E-state index contributed by atoms with van der Waals surface area (Å²) < 4.78 is 6.66. The molecule has 0 radical (unpaired) electrons. The van der Waals surface area contributed by atoms with Crippen LogP contribution in [-0.4, -0.2) is 0 Å². The van der Waals surface area contributed by atoms with Gasteiger partial charge in [-0.3, -0.25) is 0 Å². The zero-order valence-corrected chi connectivity index (χ0v) is 21.1. The lowest BCUT2D eigenvalue weighted by Crippen LogP contribution is -1.99. The molecule has 0 aliphatic carbocycles. The van der Waals surface area contributed by atoms with Gasteiger partial charge in [0.2, 0.25) is 0 Å². The highest BCUT2D eigenvalue weighted by Crippen LogP contribution is 2.51. The Bertz CT molecular complexity index is 2310. The first-order chi connectivity index (χ1) is 19.3. The van der Waals surface area contributed by atoms with E-state index in [9.17, 15) is 0 Å². The lowest BCUT2D eigenvalue weighted by atomic mass is 9.86. The first kappa shape index (κ1) is 20.9. The van der Waals surface area contributed by atoms with Crippen molar-refractivity contribution in [2.24, 2.45) is 0 Å². The van der Waals surface area contributed by atoms with Crippen molar-refractivity contribution in [3.8, 4) is 33.8 Å². The Morgan fingerprint density at radius 2 is 0.974 bits per heavy atom. The van der Waals surface area contributed by atoms with Gasteiger partial charge in [0.15, 0.2) is 0 Å². The minimum absolute atomic E-state index is 0.921. The maximum Gasteiger partial charge on any atom is 0.143 e. The van der Waals surface area contributed by atoms with Crippen molar-refractivity contribution >= 4 is 53.9 Å². The molecule has 1 nitrogen and oxygen atoms in total. The molecular formula is C38H22O. The van der Waals surface area contributed by atoms with Crippen LogP contribution in [0.5, 0.6) is 11.5 Å². The summed E-state index contributed by atoms with van der Waals surface area (Å²) in [5, 5.41) is 12.4. The highest BCUT2D eigenvalue weighted by atomic mass is 16.5. The van der Waals surface area contributed by atoms with Crippen LogP contribution in [0.4, 0.5) is 0 Å². The third kappa shape index (κ3) is 2.90. The predicted molar refractivity (Wildman–Crippen MR) is 165 cm³/mol. The quantitative estimate of drug-likeness (QED) is 0.163. The van der Waals surface area contributed by atoms with Crippen LogP contribution in [0.3, 0.4) is 0 Å². The Morgan fingerprint density at radius 1 is 0.333 bits per heavy atom. The van der Waals surface area contributed by atoms with Crippen molar-refractivity contribution in [3.05, 3.63) is 133 Å². The van der Waals surface area contributed by atoms with Crippen LogP contribution >= 0.6 is 0 Å². The van der Waals surface area contributed by atoms with E-state index in [-0.39, 0.29) is 0 Å². The van der Waals surface area contributed by atoms with Crippen LogP contribution in [0.15, 0.2) is 133 Å². The average molecular weight is 495 g/mol. The van der Waals surface area contributed by atoms with Gasteiger partial charge in [-0.2, -0.15) is 0 Å². The standard InChI is InChI=1S/C38H22O/c1-2-9-26-22-34-27(21-25(26)8-1)16-15-24-10-5-12-30(36(24)34)29-19-20-32-33-18-17-23-7-3-4-11-28(23)38(33)39-35-14-6-13-31(29)37(32)35/h1-22H. The summed E-state index contributed by atoms with van der Waals surface area (Å²) in [4.78, 5) is 0. The highest BCUT2D eigenvalue weighted by Gasteiger charge is 2.23. The topological polar surface area (TPSA) is 9.23 Å². The minimum Gasteiger partial charge on any atom is -0.455 e. The molecule has 9 rings (SSSR count). The molecule has 1 heterocycles. The smallest absolute Gasteiger partial charge is 0.143 e. The fraction of sp³-hybridized carbons (Fsp3) is 0. The molecule has 39 heavy (non-hydrogen) atoms. The Hall–Kier alpha value is -5.14. The van der Waals surface area contributed by atoms with E-state index in [4.69, 9.17) is 4.74 Å². The average Bonchev–Trinajstić information content (AvgIpc) is 3.00. The number of fused-ring (bicyclic) bond motifs is 8. The van der Waals surface area contributed by atoms with Gasteiger partial charge < -0.3 is 4.74 Å². The maximum absolute atomic E-state index is 6.66. The normalized spacial score (nSPS) is 12.3. The van der Waals surface area contributed by atoms with Gasteiger partial charge in [0.05, 0.1) is 0 Å². The second-order valence-electron chi connectivity index (χ2n) is 10.5. The van der Waals surface area contributed by atoms with E-state index in [1.807, 2.05) is 0 Å². The first-order valence-corrected chi connectivity index (χ1v) is 13.4. The van der Waals surface area contributed by atoms with Gasteiger partial charge in [0.25, 0.3) is 0 Å². The molecule has 0 amide bonds. The van der Waals surface area contributed by atoms with Crippen LogP contribution in [0.1, 0.15) is 0 Å². The van der Waals surface area contributed by atoms with E-state index < -0.39 is 0 Å². The highest BCUT2D eigenvalue weighted by molar-refractivity contribution is 6.21. The molecule has 180 valence electrons. The molecule has 0 saturated heterocycles. The summed E-state index contributed by atoms with van der Waals surface area (Å²) >= 11 is 0. The minimum atomic E-state index is 0.921. The summed E-state index contributed by atoms with van der Waals surface area (Å²) in [5.41, 5.74) is 4.86. The van der Waals surface area contributed by atoms with Crippen molar-refractivity contribution in [1.29, 1.82) is 0 Å². The third-order valence-corrected chi connectivity index (χ3v) is 8.40. The van der Waals surface area contributed by atoms with Gasteiger partial charge in [-0.05, 0) is 84.0 Å². The summed E-state index contributed by atoms with van der Waals surface area (Å²) in [7, 11) is 0. The molecule has 8 aromatic rings. The van der Waals surface area contributed by atoms with Gasteiger partial charge in [0.1, 0.15) is 11.5 Å². The number of hydrogen-bond donors (Lipinski definition) is 0. The van der Waals surface area contributed by atoms with Crippen LogP contribution < -0.4 is 4.74 Å². The lowest BCUT2D eigenvalue weighted by molar-refractivity contribution is 0.493. The molecule has 0 unspecified atom stereocenters. The largest absolute Gasteiger partial charge is 0.455 e. The van der Waals surface area contributed by atoms with Crippen molar-refractivity contribution in [3.63, 3.8) is 0 Å². The molecular weight excluding hydrogens is 472 g/mol. The van der Waals surface area contributed by atoms with E-state index >= 15 is 0 Å². The number of benzene rings is 8. The van der Waals surface area contributed by atoms with E-state index in [1.54, 1.807) is 0 Å². The molecule has 0 spiro atoms. The first-order valence-electron chi connectivity index (χ1n) is 13.4. The van der Waals surface area contributed by atoms with Crippen LogP contribution in [0, 0.1) is 0 Å². The third-order valence-electron chi connectivity index (χ3n) is 8.40. The molecule has 0 fully saturated rings. The lowest BCUT2D eigenvalue weighted by Gasteiger charge is -2.24. The molecule has 1 heteroatoms. The van der Waals surface area contributed by atoms with Gasteiger partial charge >= 0.3 is 0 Å². The zero-order valence-electron chi connectivity index (χ0n) is 21.1. The van der Waals surface area contributed by atoms with Crippen LogP contribution in [-0.2, 0) is 0 Å². The van der Waals surface area contributed by atoms with E-state index in [1.165, 1.54) is 65.2 Å². The molecule has 0 saturated carbocycles. The predicted octanol–water partition coefficient (Wildman–Crippen LogP) is 10.9. The fourth-order valence-corrected chi connectivity index (χ4v) is 6.62. The van der Waals surface area contributed by atoms with E-state index in [0.717, 1.165) is 22.4 Å². The molecule has 8 aromatic carbocycles. The van der Waals surface area contributed by atoms with Crippen molar-refractivity contribution < 1.29 is 4.74 Å². The number of rotatable bonds is 1. The number of hydrogen-bond acceptors (Lipinski definition) is 1.